The van der Waals surface area contributed by atoms with Gasteiger partial charge in [0.05, 0.1) is 19.4 Å². The number of rotatable bonds is 10. The lowest BCUT2D eigenvalue weighted by molar-refractivity contribution is 0.0588. The maximum absolute atomic E-state index is 12.8. The standard InChI is InChI=1S/C26H28ClN5O5S/c1-4-36-26(34)32-25(38)31-23-20(29-18-12-10-17(27)11-13-18)19(14-28-2)22(21(30-23)24(33)35-3)37-15-16-8-6-5-7-9-16/h5-13,28-29H,4,14-15H2,1-3H3,(H2,30,31,32,34,38). The highest BCUT2D eigenvalue weighted by atomic mass is 35.5. The van der Waals surface area contributed by atoms with Gasteiger partial charge in [-0.3, -0.25) is 5.32 Å². The molecular formula is C26H28ClN5O5S. The fourth-order valence-corrected chi connectivity index (χ4v) is 3.69. The van der Waals surface area contributed by atoms with Crippen molar-refractivity contribution in [3.8, 4) is 5.75 Å². The van der Waals surface area contributed by atoms with Gasteiger partial charge in [0.25, 0.3) is 0 Å². The van der Waals surface area contributed by atoms with Crippen molar-refractivity contribution in [2.75, 3.05) is 31.4 Å². The van der Waals surface area contributed by atoms with Crippen molar-refractivity contribution < 1.29 is 23.8 Å². The maximum atomic E-state index is 12.8. The Labute approximate surface area is 231 Å². The molecule has 4 N–H and O–H groups in total. The van der Waals surface area contributed by atoms with Crippen LogP contribution < -0.4 is 26.0 Å². The van der Waals surface area contributed by atoms with E-state index in [-0.39, 0.29) is 42.1 Å². The summed E-state index contributed by atoms with van der Waals surface area (Å²) >= 11 is 11.4. The van der Waals surface area contributed by atoms with Gasteiger partial charge < -0.3 is 30.2 Å². The predicted octanol–water partition coefficient (Wildman–Crippen LogP) is 5.01. The van der Waals surface area contributed by atoms with E-state index in [1.165, 1.54) is 7.11 Å². The summed E-state index contributed by atoms with van der Waals surface area (Å²) < 4.78 is 16.1. The second kappa shape index (κ2) is 14.1. The lowest BCUT2D eigenvalue weighted by atomic mass is 10.1. The Kier molecular flexibility index (Phi) is 10.6. The van der Waals surface area contributed by atoms with Gasteiger partial charge in [-0.05, 0) is 56.0 Å². The van der Waals surface area contributed by atoms with Crippen molar-refractivity contribution in [2.45, 2.75) is 20.1 Å². The Morgan fingerprint density at radius 1 is 1.08 bits per heavy atom. The predicted molar refractivity (Wildman–Crippen MR) is 150 cm³/mol. The zero-order chi connectivity index (χ0) is 27.5. The minimum atomic E-state index is -0.733. The first-order chi connectivity index (χ1) is 18.4. The molecule has 0 aliphatic heterocycles. The molecule has 0 saturated carbocycles. The Balaban J connectivity index is 2.13. The van der Waals surface area contributed by atoms with Crippen LogP contribution in [0.2, 0.25) is 5.02 Å². The number of ether oxygens (including phenoxy) is 3. The van der Waals surface area contributed by atoms with Crippen LogP contribution in [0, 0.1) is 0 Å². The van der Waals surface area contributed by atoms with E-state index in [4.69, 9.17) is 38.0 Å². The van der Waals surface area contributed by atoms with Gasteiger partial charge in [0, 0.05) is 22.8 Å². The molecule has 1 heterocycles. The number of nitrogens with zero attached hydrogens (tertiary/aromatic N) is 1. The number of amides is 1. The molecule has 0 aliphatic carbocycles. The molecule has 1 aromatic heterocycles. The number of anilines is 3. The molecule has 0 atom stereocenters. The van der Waals surface area contributed by atoms with Crippen LogP contribution in [0.3, 0.4) is 0 Å². The SMILES string of the molecule is CCOC(=O)NC(=S)Nc1nc(C(=O)OC)c(OCc2ccccc2)c(CNC)c1Nc1ccc(Cl)cc1. The number of carbonyl (C=O) groups is 2. The van der Waals surface area contributed by atoms with Crippen LogP contribution in [0.1, 0.15) is 28.5 Å². The zero-order valence-electron chi connectivity index (χ0n) is 21.1. The van der Waals surface area contributed by atoms with E-state index in [2.05, 4.69) is 26.3 Å². The number of esters is 1. The van der Waals surface area contributed by atoms with E-state index in [1.54, 1.807) is 38.2 Å². The quantitative estimate of drug-likeness (QED) is 0.200. The number of thiocarbonyl (C=S) groups is 1. The van der Waals surface area contributed by atoms with Crippen molar-refractivity contribution in [3.05, 3.63) is 76.4 Å². The van der Waals surface area contributed by atoms with Crippen molar-refractivity contribution in [2.24, 2.45) is 0 Å². The number of aromatic nitrogens is 1. The largest absolute Gasteiger partial charge is 0.486 e. The summed E-state index contributed by atoms with van der Waals surface area (Å²) in [6, 6.07) is 16.5. The molecule has 200 valence electrons. The van der Waals surface area contributed by atoms with E-state index in [0.29, 0.717) is 22.0 Å². The summed E-state index contributed by atoms with van der Waals surface area (Å²) in [5.41, 5.74) is 2.52. The van der Waals surface area contributed by atoms with Gasteiger partial charge in [-0.25, -0.2) is 14.6 Å². The molecule has 0 aliphatic rings. The van der Waals surface area contributed by atoms with Crippen LogP contribution in [-0.2, 0) is 22.6 Å². The second-order valence-corrected chi connectivity index (χ2v) is 8.56. The molecule has 2 aromatic carbocycles. The van der Waals surface area contributed by atoms with Crippen LogP contribution in [0.5, 0.6) is 5.75 Å². The molecule has 0 saturated heterocycles. The number of hydrogen-bond acceptors (Lipinski definition) is 9. The first-order valence-electron chi connectivity index (χ1n) is 11.6. The minimum absolute atomic E-state index is 0.0724. The van der Waals surface area contributed by atoms with Crippen LogP contribution >= 0.6 is 23.8 Å². The van der Waals surface area contributed by atoms with Crippen molar-refractivity contribution in [3.63, 3.8) is 0 Å². The molecule has 0 fully saturated rings. The third-order valence-corrected chi connectivity index (χ3v) is 5.50. The van der Waals surface area contributed by atoms with Gasteiger partial charge >= 0.3 is 12.1 Å². The fraction of sp³-hybridized carbons (Fsp3) is 0.231. The number of benzene rings is 2. The van der Waals surface area contributed by atoms with Crippen LogP contribution in [-0.4, -0.2) is 42.9 Å². The van der Waals surface area contributed by atoms with E-state index >= 15 is 0 Å². The normalized spacial score (nSPS) is 10.3. The number of halogens is 1. The number of alkyl carbamates (subject to hydrolysis) is 1. The molecule has 10 nitrogen and oxygen atoms in total. The highest BCUT2D eigenvalue weighted by molar-refractivity contribution is 7.80. The molecule has 3 rings (SSSR count). The molecule has 3 aromatic rings. The molecular weight excluding hydrogens is 530 g/mol. The topological polar surface area (TPSA) is 123 Å². The summed E-state index contributed by atoms with van der Waals surface area (Å²) in [7, 11) is 3.01. The van der Waals surface area contributed by atoms with E-state index in [1.807, 2.05) is 30.3 Å². The first kappa shape index (κ1) is 28.6. The third kappa shape index (κ3) is 7.78. The van der Waals surface area contributed by atoms with Crippen LogP contribution in [0.4, 0.5) is 22.0 Å². The Hall–Kier alpha value is -3.93. The average molecular weight is 558 g/mol. The summed E-state index contributed by atoms with van der Waals surface area (Å²) in [6.45, 7) is 2.30. The summed E-state index contributed by atoms with van der Waals surface area (Å²) in [4.78, 5) is 29.2. The lowest BCUT2D eigenvalue weighted by Gasteiger charge is -2.22. The lowest BCUT2D eigenvalue weighted by Crippen LogP contribution is -2.35. The first-order valence-corrected chi connectivity index (χ1v) is 12.4. The molecule has 0 bridgehead atoms. The number of pyridine rings is 1. The molecule has 0 radical (unpaired) electrons. The van der Waals surface area contributed by atoms with Crippen molar-refractivity contribution >= 4 is 58.2 Å². The zero-order valence-corrected chi connectivity index (χ0v) is 22.7. The summed E-state index contributed by atoms with van der Waals surface area (Å²) in [5.74, 6) is -0.337. The van der Waals surface area contributed by atoms with Gasteiger partial charge in [-0.15, -0.1) is 0 Å². The van der Waals surface area contributed by atoms with E-state index < -0.39 is 12.1 Å². The monoisotopic (exact) mass is 557 g/mol. The number of nitrogens with one attached hydrogen (secondary N) is 4. The number of methoxy groups -OCH3 is 1. The average Bonchev–Trinajstić information content (AvgIpc) is 2.91. The number of hydrogen-bond donors (Lipinski definition) is 4. The molecule has 12 heteroatoms. The number of carbonyl (C=O) groups excluding carboxylic acids is 2. The van der Waals surface area contributed by atoms with Crippen LogP contribution in [0.15, 0.2) is 54.6 Å². The van der Waals surface area contributed by atoms with Gasteiger partial charge in [-0.1, -0.05) is 41.9 Å². The molecule has 0 unspecified atom stereocenters. The smallest absolute Gasteiger partial charge is 0.413 e. The summed E-state index contributed by atoms with van der Waals surface area (Å²) in [6.07, 6.45) is -0.733. The fourth-order valence-electron chi connectivity index (χ4n) is 3.38. The van der Waals surface area contributed by atoms with E-state index in [0.717, 1.165) is 5.56 Å². The third-order valence-electron chi connectivity index (χ3n) is 5.05. The Bertz CT molecular complexity index is 1280. The van der Waals surface area contributed by atoms with E-state index in [9.17, 15) is 9.59 Å². The second-order valence-electron chi connectivity index (χ2n) is 7.72. The van der Waals surface area contributed by atoms with Gasteiger partial charge in [-0.2, -0.15) is 0 Å². The highest BCUT2D eigenvalue weighted by Gasteiger charge is 2.26. The van der Waals surface area contributed by atoms with Crippen LogP contribution in [0.25, 0.3) is 0 Å². The molecule has 0 spiro atoms. The van der Waals surface area contributed by atoms with Crippen molar-refractivity contribution in [1.82, 2.24) is 15.6 Å². The Morgan fingerprint density at radius 2 is 1.79 bits per heavy atom. The van der Waals surface area contributed by atoms with Gasteiger partial charge in [0.1, 0.15) is 6.61 Å². The molecule has 1 amide bonds. The maximum Gasteiger partial charge on any atom is 0.413 e. The highest BCUT2D eigenvalue weighted by Crippen LogP contribution is 2.38. The van der Waals surface area contributed by atoms with Crippen molar-refractivity contribution in [1.29, 1.82) is 0 Å². The van der Waals surface area contributed by atoms with Gasteiger partial charge in [0.2, 0.25) is 0 Å². The summed E-state index contributed by atoms with van der Waals surface area (Å²) in [5, 5.41) is 12.2. The molecule has 38 heavy (non-hydrogen) atoms. The van der Waals surface area contributed by atoms with Gasteiger partial charge in [0.15, 0.2) is 22.4 Å². The minimum Gasteiger partial charge on any atom is -0.486 e. The Morgan fingerprint density at radius 3 is 2.42 bits per heavy atom.